The van der Waals surface area contributed by atoms with E-state index in [1.54, 1.807) is 0 Å². The summed E-state index contributed by atoms with van der Waals surface area (Å²) in [4.78, 5) is 23.5. The van der Waals surface area contributed by atoms with Crippen molar-refractivity contribution in [3.63, 3.8) is 0 Å². The molecule has 1 aliphatic rings. The molecule has 0 unspecified atom stereocenters. The van der Waals surface area contributed by atoms with Crippen molar-refractivity contribution in [1.29, 1.82) is 0 Å². The number of hydrogen-bond acceptors (Lipinski definition) is 3. The van der Waals surface area contributed by atoms with E-state index in [1.807, 2.05) is 42.5 Å². The standard InChI is InChI=1S/C17H21NO3/c19-16-10-6-1-2-7-11-17(20)21-13-15(18-16)12-14-8-4-3-5-9-14/h1-5,8-9,15H,6-7,10-13H2,(H,18,19)/t15-/m1/s1. The zero-order valence-corrected chi connectivity index (χ0v) is 12.1. The van der Waals surface area contributed by atoms with E-state index in [2.05, 4.69) is 5.32 Å². The summed E-state index contributed by atoms with van der Waals surface area (Å²) in [5.41, 5.74) is 1.12. The molecule has 2 rings (SSSR count). The average molecular weight is 287 g/mol. The third kappa shape index (κ3) is 5.81. The monoisotopic (exact) mass is 287 g/mol. The number of carbonyl (C=O) groups is 2. The van der Waals surface area contributed by atoms with E-state index in [9.17, 15) is 9.59 Å². The lowest BCUT2D eigenvalue weighted by atomic mass is 10.1. The summed E-state index contributed by atoms with van der Waals surface area (Å²) in [7, 11) is 0. The van der Waals surface area contributed by atoms with Crippen molar-refractivity contribution in [3.8, 4) is 0 Å². The first-order chi connectivity index (χ1) is 10.2. The summed E-state index contributed by atoms with van der Waals surface area (Å²) >= 11 is 0. The van der Waals surface area contributed by atoms with Crippen molar-refractivity contribution in [3.05, 3.63) is 48.0 Å². The Morgan fingerprint density at radius 1 is 1.05 bits per heavy atom. The minimum absolute atomic E-state index is 0.00259. The van der Waals surface area contributed by atoms with Crippen LogP contribution in [0.25, 0.3) is 0 Å². The van der Waals surface area contributed by atoms with Gasteiger partial charge in [0, 0.05) is 12.8 Å². The number of nitrogens with one attached hydrogen (secondary N) is 1. The van der Waals surface area contributed by atoms with E-state index >= 15 is 0 Å². The lowest BCUT2D eigenvalue weighted by Gasteiger charge is -2.19. The molecule has 0 saturated carbocycles. The highest BCUT2D eigenvalue weighted by atomic mass is 16.5. The molecule has 1 atom stereocenters. The zero-order valence-electron chi connectivity index (χ0n) is 12.1. The molecule has 0 fully saturated rings. The van der Waals surface area contributed by atoms with Crippen LogP contribution >= 0.6 is 0 Å². The van der Waals surface area contributed by atoms with Gasteiger partial charge >= 0.3 is 5.97 Å². The second-order valence-electron chi connectivity index (χ2n) is 5.19. The lowest BCUT2D eigenvalue weighted by molar-refractivity contribution is -0.145. The van der Waals surface area contributed by atoms with Gasteiger partial charge in [0.1, 0.15) is 6.61 Å². The number of carbonyl (C=O) groups excluding carboxylic acids is 2. The van der Waals surface area contributed by atoms with Gasteiger partial charge in [-0.1, -0.05) is 42.5 Å². The van der Waals surface area contributed by atoms with Crippen LogP contribution in [0.1, 0.15) is 31.2 Å². The van der Waals surface area contributed by atoms with Crippen LogP contribution in [0.15, 0.2) is 42.5 Å². The van der Waals surface area contributed by atoms with Crippen LogP contribution in [0, 0.1) is 0 Å². The molecule has 0 saturated heterocycles. The lowest BCUT2D eigenvalue weighted by Crippen LogP contribution is -2.40. The second kappa shape index (κ2) is 8.25. The summed E-state index contributed by atoms with van der Waals surface area (Å²) < 4.78 is 5.26. The molecule has 0 aliphatic carbocycles. The fourth-order valence-corrected chi connectivity index (χ4v) is 2.27. The number of cyclic esters (lactones) is 1. The number of hydrogen-bond donors (Lipinski definition) is 1. The molecular weight excluding hydrogens is 266 g/mol. The van der Waals surface area contributed by atoms with E-state index in [0.29, 0.717) is 32.1 Å². The maximum Gasteiger partial charge on any atom is 0.306 e. The molecule has 1 N–H and O–H groups in total. The van der Waals surface area contributed by atoms with Crippen LogP contribution in [0.2, 0.25) is 0 Å². The molecule has 1 amide bonds. The van der Waals surface area contributed by atoms with E-state index in [-0.39, 0.29) is 24.5 Å². The highest BCUT2D eigenvalue weighted by Crippen LogP contribution is 2.07. The largest absolute Gasteiger partial charge is 0.463 e. The zero-order chi connectivity index (χ0) is 14.9. The molecule has 0 radical (unpaired) electrons. The van der Waals surface area contributed by atoms with Gasteiger partial charge in [0.15, 0.2) is 0 Å². The molecule has 1 aromatic carbocycles. The fourth-order valence-electron chi connectivity index (χ4n) is 2.27. The Hall–Kier alpha value is -2.10. The first-order valence-electron chi connectivity index (χ1n) is 7.38. The average Bonchev–Trinajstić information content (AvgIpc) is 2.48. The summed E-state index contributed by atoms with van der Waals surface area (Å²) in [6.45, 7) is 0.225. The van der Waals surface area contributed by atoms with Gasteiger partial charge in [0.25, 0.3) is 0 Å². The predicted octanol–water partition coefficient (Wildman–Crippen LogP) is 2.39. The van der Waals surface area contributed by atoms with E-state index in [0.717, 1.165) is 5.56 Å². The Morgan fingerprint density at radius 3 is 2.52 bits per heavy atom. The SMILES string of the molecule is O=C1CCC=CCCC(=O)OC[C@@H](Cc2ccccc2)N1. The van der Waals surface area contributed by atoms with Crippen molar-refractivity contribution in [2.45, 2.75) is 38.1 Å². The number of benzene rings is 1. The molecule has 0 aromatic heterocycles. The smallest absolute Gasteiger partial charge is 0.306 e. The third-order valence-electron chi connectivity index (χ3n) is 3.36. The molecule has 4 nitrogen and oxygen atoms in total. The number of rotatable bonds is 2. The predicted molar refractivity (Wildman–Crippen MR) is 80.6 cm³/mol. The van der Waals surface area contributed by atoms with Crippen molar-refractivity contribution < 1.29 is 14.3 Å². The van der Waals surface area contributed by atoms with Gasteiger partial charge in [-0.25, -0.2) is 0 Å². The summed E-state index contributed by atoms with van der Waals surface area (Å²) in [6.07, 6.45) is 6.77. The number of ether oxygens (including phenoxy) is 1. The van der Waals surface area contributed by atoms with Gasteiger partial charge in [0.2, 0.25) is 5.91 Å². The summed E-state index contributed by atoms with van der Waals surface area (Å²) in [5, 5.41) is 2.95. The van der Waals surface area contributed by atoms with Crippen LogP contribution in [0.3, 0.4) is 0 Å². The van der Waals surface area contributed by atoms with Gasteiger partial charge in [-0.15, -0.1) is 0 Å². The normalized spacial score (nSPS) is 20.9. The van der Waals surface area contributed by atoms with Gasteiger partial charge in [-0.05, 0) is 24.8 Å². The Labute approximate surface area is 125 Å². The number of esters is 1. The third-order valence-corrected chi connectivity index (χ3v) is 3.36. The second-order valence-corrected chi connectivity index (χ2v) is 5.19. The van der Waals surface area contributed by atoms with Crippen molar-refractivity contribution in [1.82, 2.24) is 5.32 Å². The Balaban J connectivity index is 2.00. The quantitative estimate of drug-likeness (QED) is 0.671. The first-order valence-corrected chi connectivity index (χ1v) is 7.38. The minimum Gasteiger partial charge on any atom is -0.463 e. The molecule has 0 spiro atoms. The topological polar surface area (TPSA) is 55.4 Å². The number of allylic oxidation sites excluding steroid dienone is 2. The van der Waals surface area contributed by atoms with Crippen LogP contribution in [-0.4, -0.2) is 24.5 Å². The maximum atomic E-state index is 11.9. The maximum absolute atomic E-state index is 11.9. The Morgan fingerprint density at radius 2 is 1.76 bits per heavy atom. The van der Waals surface area contributed by atoms with Gasteiger partial charge in [0.05, 0.1) is 6.04 Å². The highest BCUT2D eigenvalue weighted by Gasteiger charge is 2.15. The molecule has 4 heteroatoms. The van der Waals surface area contributed by atoms with Crippen LogP contribution in [0.5, 0.6) is 0 Å². The molecule has 1 aliphatic heterocycles. The van der Waals surface area contributed by atoms with Crippen LogP contribution in [-0.2, 0) is 20.7 Å². The minimum atomic E-state index is -0.215. The summed E-state index contributed by atoms with van der Waals surface area (Å²) in [6, 6.07) is 9.72. The highest BCUT2D eigenvalue weighted by molar-refractivity contribution is 5.76. The molecule has 1 aromatic rings. The van der Waals surface area contributed by atoms with Crippen molar-refractivity contribution in [2.24, 2.45) is 0 Å². The van der Waals surface area contributed by atoms with E-state index < -0.39 is 0 Å². The number of amides is 1. The Bertz CT molecular complexity index is 496. The van der Waals surface area contributed by atoms with Gasteiger partial charge in [-0.2, -0.15) is 0 Å². The van der Waals surface area contributed by atoms with Crippen LogP contribution < -0.4 is 5.32 Å². The van der Waals surface area contributed by atoms with Gasteiger partial charge < -0.3 is 10.1 Å². The molecular formula is C17H21NO3. The first kappa shape index (κ1) is 15.3. The van der Waals surface area contributed by atoms with E-state index in [1.165, 1.54) is 0 Å². The van der Waals surface area contributed by atoms with E-state index in [4.69, 9.17) is 4.74 Å². The molecule has 21 heavy (non-hydrogen) atoms. The van der Waals surface area contributed by atoms with Gasteiger partial charge in [-0.3, -0.25) is 9.59 Å². The fraction of sp³-hybridized carbons (Fsp3) is 0.412. The Kier molecular flexibility index (Phi) is 6.00. The molecule has 0 bridgehead atoms. The van der Waals surface area contributed by atoms with Crippen LogP contribution in [0.4, 0.5) is 0 Å². The summed E-state index contributed by atoms with van der Waals surface area (Å²) in [5.74, 6) is -0.218. The van der Waals surface area contributed by atoms with Crippen molar-refractivity contribution in [2.75, 3.05) is 6.61 Å². The molecule has 1 heterocycles. The van der Waals surface area contributed by atoms with Crippen molar-refractivity contribution >= 4 is 11.9 Å². The molecule has 112 valence electrons.